The number of ketones is 1. The number of rotatable bonds is 7. The van der Waals surface area contributed by atoms with Crippen molar-refractivity contribution < 1.29 is 4.79 Å². The fourth-order valence-electron chi connectivity index (χ4n) is 5.12. The summed E-state index contributed by atoms with van der Waals surface area (Å²) in [6, 6.07) is 0.674. The first kappa shape index (κ1) is 18.9. The molecule has 23 heavy (non-hydrogen) atoms. The summed E-state index contributed by atoms with van der Waals surface area (Å²) >= 11 is 0. The molecule has 0 bridgehead atoms. The first-order chi connectivity index (χ1) is 11.0. The molecular formula is C20H38N2O. The highest BCUT2D eigenvalue weighted by Gasteiger charge is 2.46. The van der Waals surface area contributed by atoms with Gasteiger partial charge < -0.3 is 11.5 Å². The maximum atomic E-state index is 13.6. The van der Waals surface area contributed by atoms with Gasteiger partial charge in [-0.1, -0.05) is 26.7 Å². The Morgan fingerprint density at radius 2 is 1.43 bits per heavy atom. The molecule has 0 aromatic carbocycles. The zero-order chi connectivity index (χ0) is 16.9. The van der Waals surface area contributed by atoms with Crippen molar-refractivity contribution in [3.05, 3.63) is 0 Å². The fraction of sp³-hybridized carbons (Fsp3) is 0.950. The molecule has 0 radical (unpaired) electrons. The molecule has 3 heteroatoms. The van der Waals surface area contributed by atoms with Gasteiger partial charge in [0, 0.05) is 23.4 Å². The van der Waals surface area contributed by atoms with Crippen molar-refractivity contribution in [3.8, 4) is 0 Å². The minimum atomic E-state index is -0.0811. The van der Waals surface area contributed by atoms with Crippen molar-refractivity contribution in [2.75, 3.05) is 0 Å². The van der Waals surface area contributed by atoms with Crippen molar-refractivity contribution in [2.45, 2.75) is 103 Å². The van der Waals surface area contributed by atoms with Crippen LogP contribution in [0.1, 0.15) is 90.9 Å². The van der Waals surface area contributed by atoms with Crippen molar-refractivity contribution in [1.82, 2.24) is 0 Å². The van der Waals surface area contributed by atoms with Gasteiger partial charge in [0.15, 0.2) is 0 Å². The van der Waals surface area contributed by atoms with Crippen molar-refractivity contribution in [1.29, 1.82) is 0 Å². The molecule has 134 valence electrons. The monoisotopic (exact) mass is 322 g/mol. The van der Waals surface area contributed by atoms with Gasteiger partial charge in [0.1, 0.15) is 5.78 Å². The van der Waals surface area contributed by atoms with Crippen LogP contribution < -0.4 is 11.5 Å². The van der Waals surface area contributed by atoms with Gasteiger partial charge in [0.2, 0.25) is 0 Å². The third-order valence-electron chi connectivity index (χ3n) is 6.79. The lowest BCUT2D eigenvalue weighted by Gasteiger charge is -2.45. The van der Waals surface area contributed by atoms with Gasteiger partial charge >= 0.3 is 0 Å². The van der Waals surface area contributed by atoms with E-state index in [1.807, 2.05) is 0 Å². The van der Waals surface area contributed by atoms with Crippen LogP contribution in [0.5, 0.6) is 0 Å². The average molecular weight is 323 g/mol. The van der Waals surface area contributed by atoms with E-state index < -0.39 is 0 Å². The summed E-state index contributed by atoms with van der Waals surface area (Å²) in [7, 11) is 0. The Morgan fingerprint density at radius 1 is 0.913 bits per heavy atom. The van der Waals surface area contributed by atoms with Gasteiger partial charge in [-0.2, -0.15) is 0 Å². The Kier molecular flexibility index (Phi) is 7.09. The minimum Gasteiger partial charge on any atom is -0.328 e. The van der Waals surface area contributed by atoms with Gasteiger partial charge in [0.05, 0.1) is 0 Å². The average Bonchev–Trinajstić information content (AvgIpc) is 2.57. The molecule has 1 unspecified atom stereocenters. The second kappa shape index (κ2) is 8.62. The summed E-state index contributed by atoms with van der Waals surface area (Å²) < 4.78 is 0. The molecule has 4 N–H and O–H groups in total. The number of hydrogen-bond donors (Lipinski definition) is 2. The maximum Gasteiger partial charge on any atom is 0.142 e. The molecule has 0 aromatic rings. The van der Waals surface area contributed by atoms with Gasteiger partial charge in [0.25, 0.3) is 0 Å². The quantitative estimate of drug-likeness (QED) is 0.739. The molecule has 0 aromatic heterocycles. The van der Waals surface area contributed by atoms with Gasteiger partial charge in [-0.3, -0.25) is 4.79 Å². The molecule has 0 amide bonds. The number of unbranched alkanes of at least 4 members (excludes halogenated alkanes) is 1. The second-order valence-electron chi connectivity index (χ2n) is 8.20. The molecule has 3 nitrogen and oxygen atoms in total. The summed E-state index contributed by atoms with van der Waals surface area (Å²) in [5.41, 5.74) is 12.1. The highest BCUT2D eigenvalue weighted by Crippen LogP contribution is 2.48. The van der Waals surface area contributed by atoms with Crippen LogP contribution in [0.3, 0.4) is 0 Å². The van der Waals surface area contributed by atoms with Gasteiger partial charge in [-0.25, -0.2) is 0 Å². The predicted octanol–water partition coefficient (Wildman–Crippen LogP) is 4.18. The predicted molar refractivity (Wildman–Crippen MR) is 97.1 cm³/mol. The Labute approximate surface area is 143 Å². The van der Waals surface area contributed by atoms with Crippen molar-refractivity contribution >= 4 is 5.78 Å². The van der Waals surface area contributed by atoms with Crippen LogP contribution in [-0.4, -0.2) is 17.9 Å². The molecule has 0 aliphatic heterocycles. The van der Waals surface area contributed by atoms with E-state index in [0.29, 0.717) is 23.8 Å². The van der Waals surface area contributed by atoms with Crippen molar-refractivity contribution in [3.63, 3.8) is 0 Å². The van der Waals surface area contributed by atoms with Crippen LogP contribution >= 0.6 is 0 Å². The van der Waals surface area contributed by atoms with Crippen LogP contribution in [0, 0.1) is 17.3 Å². The lowest BCUT2D eigenvalue weighted by Crippen LogP contribution is -2.46. The molecule has 2 aliphatic carbocycles. The largest absolute Gasteiger partial charge is 0.328 e. The molecule has 2 fully saturated rings. The molecule has 2 rings (SSSR count). The van der Waals surface area contributed by atoms with Gasteiger partial charge in [-0.15, -0.1) is 0 Å². The summed E-state index contributed by atoms with van der Waals surface area (Å²) in [5, 5.41) is 0. The number of carbonyl (C=O) groups is 1. The molecule has 0 heterocycles. The van der Waals surface area contributed by atoms with E-state index in [1.165, 1.54) is 12.8 Å². The Morgan fingerprint density at radius 3 is 1.91 bits per heavy atom. The normalized spacial score (nSPS) is 34.8. The third-order valence-corrected chi connectivity index (χ3v) is 6.79. The van der Waals surface area contributed by atoms with Crippen molar-refractivity contribution in [2.24, 2.45) is 28.7 Å². The molecule has 1 atom stereocenters. The lowest BCUT2D eigenvalue weighted by atomic mass is 9.59. The van der Waals surface area contributed by atoms with E-state index in [2.05, 4.69) is 13.8 Å². The second-order valence-corrected chi connectivity index (χ2v) is 8.20. The van der Waals surface area contributed by atoms with Gasteiger partial charge in [-0.05, 0) is 70.1 Å². The number of Topliss-reactive ketones (excluding diaryl/α,β-unsaturated/α-hetero) is 1. The topological polar surface area (TPSA) is 69.1 Å². The number of carbonyl (C=O) groups excluding carboxylic acids is 1. The number of nitrogens with two attached hydrogens (primary N) is 2. The molecule has 2 saturated carbocycles. The van der Waals surface area contributed by atoms with Crippen LogP contribution in [0.15, 0.2) is 0 Å². The zero-order valence-electron chi connectivity index (χ0n) is 15.4. The van der Waals surface area contributed by atoms with Crippen LogP contribution in [0.25, 0.3) is 0 Å². The Bertz CT molecular complexity index is 368. The highest BCUT2D eigenvalue weighted by atomic mass is 16.1. The van der Waals surface area contributed by atoms with Crippen LogP contribution in [0.2, 0.25) is 0 Å². The van der Waals surface area contributed by atoms with E-state index in [-0.39, 0.29) is 11.3 Å². The van der Waals surface area contributed by atoms with Crippen LogP contribution in [0.4, 0.5) is 0 Å². The summed E-state index contributed by atoms with van der Waals surface area (Å²) in [6.07, 6.45) is 13.0. The smallest absolute Gasteiger partial charge is 0.142 e. The van der Waals surface area contributed by atoms with E-state index in [1.54, 1.807) is 0 Å². The molecular weight excluding hydrogens is 284 g/mol. The number of hydrogen-bond acceptors (Lipinski definition) is 3. The summed E-state index contributed by atoms with van der Waals surface area (Å²) in [4.78, 5) is 13.6. The minimum absolute atomic E-state index is 0.0811. The summed E-state index contributed by atoms with van der Waals surface area (Å²) in [5.74, 6) is 1.41. The van der Waals surface area contributed by atoms with E-state index in [0.717, 1.165) is 64.2 Å². The standard InChI is InChI=1S/C20H38N2O/c1-3-5-14-20(4-2,16-8-12-18(22)13-9-16)19(23)15-6-10-17(21)11-7-15/h15-18H,3-14,21-22H2,1-2H3. The SMILES string of the molecule is CCCCC(CC)(C(=O)C1CCC(N)CC1)C1CCC(N)CC1. The third kappa shape index (κ3) is 4.36. The summed E-state index contributed by atoms with van der Waals surface area (Å²) in [6.45, 7) is 4.48. The molecule has 2 aliphatic rings. The first-order valence-corrected chi connectivity index (χ1v) is 10.1. The van der Waals surface area contributed by atoms with E-state index in [4.69, 9.17) is 11.5 Å². The highest BCUT2D eigenvalue weighted by molar-refractivity contribution is 5.87. The maximum absolute atomic E-state index is 13.6. The first-order valence-electron chi connectivity index (χ1n) is 10.1. The fourth-order valence-corrected chi connectivity index (χ4v) is 5.12. The Hall–Kier alpha value is -0.410. The molecule has 0 saturated heterocycles. The van der Waals surface area contributed by atoms with E-state index in [9.17, 15) is 4.79 Å². The molecule has 0 spiro atoms. The van der Waals surface area contributed by atoms with E-state index >= 15 is 0 Å². The zero-order valence-corrected chi connectivity index (χ0v) is 15.4. The van der Waals surface area contributed by atoms with Crippen LogP contribution in [-0.2, 0) is 4.79 Å². The Balaban J connectivity index is 2.15. The lowest BCUT2D eigenvalue weighted by molar-refractivity contribution is -0.139.